The van der Waals surface area contributed by atoms with Crippen LogP contribution < -0.4 is 5.32 Å². The highest BCUT2D eigenvalue weighted by Crippen LogP contribution is 2.32. The summed E-state index contributed by atoms with van der Waals surface area (Å²) in [7, 11) is 1.53. The van der Waals surface area contributed by atoms with Crippen molar-refractivity contribution >= 4 is 27.7 Å². The van der Waals surface area contributed by atoms with E-state index in [9.17, 15) is 14.0 Å². The molecule has 1 unspecified atom stereocenters. The van der Waals surface area contributed by atoms with Gasteiger partial charge in [0.05, 0.1) is 12.6 Å². The van der Waals surface area contributed by atoms with Crippen molar-refractivity contribution in [3.63, 3.8) is 0 Å². The van der Waals surface area contributed by atoms with Gasteiger partial charge in [0, 0.05) is 7.05 Å². The van der Waals surface area contributed by atoms with Crippen LogP contribution in [-0.2, 0) is 11.2 Å². The van der Waals surface area contributed by atoms with E-state index in [0.29, 0.717) is 23.1 Å². The number of hydrogen-bond acceptors (Lipinski definition) is 3. The van der Waals surface area contributed by atoms with Crippen LogP contribution in [0.1, 0.15) is 34.1 Å². The Labute approximate surface area is 146 Å². The molecular weight excluding hydrogens is 379 g/mol. The van der Waals surface area contributed by atoms with Gasteiger partial charge in [-0.3, -0.25) is 9.59 Å². The van der Waals surface area contributed by atoms with Crippen LogP contribution in [0.25, 0.3) is 0 Å². The van der Waals surface area contributed by atoms with E-state index >= 15 is 0 Å². The van der Waals surface area contributed by atoms with Crippen LogP contribution in [0.4, 0.5) is 4.39 Å². The van der Waals surface area contributed by atoms with Gasteiger partial charge in [0.25, 0.3) is 5.91 Å². The zero-order chi connectivity index (χ0) is 17.3. The molecular formula is C17H16BrFN2O3. The highest BCUT2D eigenvalue weighted by atomic mass is 79.9. The van der Waals surface area contributed by atoms with Gasteiger partial charge in [0.15, 0.2) is 10.4 Å². The molecule has 2 amide bonds. The lowest BCUT2D eigenvalue weighted by Gasteiger charge is -2.18. The Hall–Kier alpha value is -2.15. The summed E-state index contributed by atoms with van der Waals surface area (Å²) in [6, 6.07) is 7.83. The predicted molar refractivity (Wildman–Crippen MR) is 89.0 cm³/mol. The summed E-state index contributed by atoms with van der Waals surface area (Å²) in [5.74, 6) is -0.752. The van der Waals surface area contributed by atoms with Crippen LogP contribution in [0.2, 0.25) is 0 Å². The molecule has 0 bridgehead atoms. The van der Waals surface area contributed by atoms with Gasteiger partial charge in [0.2, 0.25) is 5.91 Å². The number of carbonyl (C=O) groups excluding carboxylic acids is 2. The number of likely N-dealkylation sites (N-methyl/N-ethyl adjacent to an activating group) is 1. The van der Waals surface area contributed by atoms with E-state index in [4.69, 9.17) is 4.42 Å². The molecule has 2 aromatic rings. The molecule has 1 aromatic carbocycles. The van der Waals surface area contributed by atoms with Gasteiger partial charge in [-0.1, -0.05) is 12.1 Å². The Morgan fingerprint density at radius 3 is 2.88 bits per heavy atom. The number of rotatable bonds is 4. The molecule has 5 nitrogen and oxygen atoms in total. The van der Waals surface area contributed by atoms with E-state index in [-0.39, 0.29) is 36.0 Å². The molecule has 0 radical (unpaired) electrons. The molecule has 0 aliphatic heterocycles. The van der Waals surface area contributed by atoms with E-state index in [1.54, 1.807) is 12.1 Å². The van der Waals surface area contributed by atoms with Crippen LogP contribution in [0.15, 0.2) is 39.4 Å². The molecule has 7 heteroatoms. The minimum atomic E-state index is -0.381. The van der Waals surface area contributed by atoms with Crippen LogP contribution in [-0.4, -0.2) is 30.3 Å². The molecule has 24 heavy (non-hydrogen) atoms. The lowest BCUT2D eigenvalue weighted by Crippen LogP contribution is -2.39. The molecule has 1 aliphatic carbocycles. The van der Waals surface area contributed by atoms with Gasteiger partial charge in [0.1, 0.15) is 5.82 Å². The summed E-state index contributed by atoms with van der Waals surface area (Å²) >= 11 is 3.13. The van der Waals surface area contributed by atoms with Crippen LogP contribution in [0, 0.1) is 5.82 Å². The molecule has 1 aromatic heterocycles. The van der Waals surface area contributed by atoms with E-state index < -0.39 is 0 Å². The second kappa shape index (κ2) is 6.76. The zero-order valence-electron chi connectivity index (χ0n) is 13.0. The van der Waals surface area contributed by atoms with Gasteiger partial charge >= 0.3 is 0 Å². The van der Waals surface area contributed by atoms with Crippen LogP contribution >= 0.6 is 15.9 Å². The Morgan fingerprint density at radius 1 is 1.38 bits per heavy atom. The Kier molecular flexibility index (Phi) is 4.71. The smallest absolute Gasteiger partial charge is 0.289 e. The third-order valence-corrected chi connectivity index (χ3v) is 4.49. The second-order valence-corrected chi connectivity index (χ2v) is 6.51. The number of halogens is 2. The van der Waals surface area contributed by atoms with Gasteiger partial charge in [-0.05, 0) is 58.1 Å². The van der Waals surface area contributed by atoms with Crippen LogP contribution in [0.5, 0.6) is 0 Å². The predicted octanol–water partition coefficient (Wildman–Crippen LogP) is 3.06. The maximum Gasteiger partial charge on any atom is 0.289 e. The first-order valence-corrected chi connectivity index (χ1v) is 8.32. The largest absolute Gasteiger partial charge is 0.444 e. The van der Waals surface area contributed by atoms with Crippen molar-refractivity contribution in [2.24, 2.45) is 0 Å². The Bertz CT molecular complexity index is 790. The average Bonchev–Trinajstić information content (AvgIpc) is 3.14. The fourth-order valence-electron chi connectivity index (χ4n) is 2.90. The van der Waals surface area contributed by atoms with Crippen molar-refractivity contribution in [2.45, 2.75) is 18.9 Å². The number of nitrogens with zero attached hydrogens (tertiary/aromatic N) is 1. The maximum atomic E-state index is 13.7. The fourth-order valence-corrected chi connectivity index (χ4v) is 3.21. The summed E-state index contributed by atoms with van der Waals surface area (Å²) < 4.78 is 19.4. The van der Waals surface area contributed by atoms with Crippen molar-refractivity contribution in [2.75, 3.05) is 13.6 Å². The third kappa shape index (κ3) is 3.36. The molecule has 1 heterocycles. The van der Waals surface area contributed by atoms with Gasteiger partial charge < -0.3 is 14.6 Å². The molecule has 0 saturated heterocycles. The summed E-state index contributed by atoms with van der Waals surface area (Å²) in [6.07, 6.45) is 1.26. The zero-order valence-corrected chi connectivity index (χ0v) is 14.6. The Balaban J connectivity index is 1.61. The van der Waals surface area contributed by atoms with Gasteiger partial charge in [-0.25, -0.2) is 4.39 Å². The van der Waals surface area contributed by atoms with Crippen LogP contribution in [0.3, 0.4) is 0 Å². The monoisotopic (exact) mass is 394 g/mol. The number of carbonyl (C=O) groups is 2. The minimum absolute atomic E-state index is 0.0989. The molecule has 1 atom stereocenters. The highest BCUT2D eigenvalue weighted by molar-refractivity contribution is 9.10. The van der Waals surface area contributed by atoms with E-state index in [1.165, 1.54) is 24.1 Å². The van der Waals surface area contributed by atoms with Gasteiger partial charge in [-0.15, -0.1) is 0 Å². The van der Waals surface area contributed by atoms with E-state index in [0.717, 1.165) is 5.56 Å². The molecule has 1 aliphatic rings. The molecule has 0 spiro atoms. The summed E-state index contributed by atoms with van der Waals surface area (Å²) in [6.45, 7) is -0.0989. The summed E-state index contributed by atoms with van der Waals surface area (Å²) in [4.78, 5) is 25.6. The topological polar surface area (TPSA) is 62.6 Å². The minimum Gasteiger partial charge on any atom is -0.444 e. The Morgan fingerprint density at radius 2 is 2.17 bits per heavy atom. The van der Waals surface area contributed by atoms with Crippen molar-refractivity contribution < 1.29 is 18.4 Å². The van der Waals surface area contributed by atoms with Crippen molar-refractivity contribution in [3.05, 3.63) is 57.7 Å². The number of nitrogens with one attached hydrogen (secondary N) is 1. The first kappa shape index (κ1) is 16.7. The average molecular weight is 395 g/mol. The van der Waals surface area contributed by atoms with Crippen molar-refractivity contribution in [1.82, 2.24) is 10.2 Å². The first-order chi connectivity index (χ1) is 11.5. The molecule has 0 saturated carbocycles. The highest BCUT2D eigenvalue weighted by Gasteiger charge is 2.27. The number of benzene rings is 1. The first-order valence-electron chi connectivity index (χ1n) is 7.53. The standard InChI is InChI=1S/C17H16BrFN2O3/c1-21(17(23)14-7-8-15(18)24-14)9-16(22)20-13-6-5-10-11(13)3-2-4-12(10)19/h2-4,7-8,13H,5-6,9H2,1H3,(H,20,22). The maximum absolute atomic E-state index is 13.7. The molecule has 1 N–H and O–H groups in total. The lowest BCUT2D eigenvalue weighted by atomic mass is 10.1. The summed E-state index contributed by atoms with van der Waals surface area (Å²) in [5.41, 5.74) is 1.47. The fraction of sp³-hybridized carbons (Fsp3) is 0.294. The quantitative estimate of drug-likeness (QED) is 0.866. The SMILES string of the molecule is CN(CC(=O)NC1CCc2c(F)cccc21)C(=O)c1ccc(Br)o1. The lowest BCUT2D eigenvalue weighted by molar-refractivity contribution is -0.122. The summed E-state index contributed by atoms with van der Waals surface area (Å²) in [5, 5.41) is 2.87. The number of fused-ring (bicyclic) bond motifs is 1. The molecule has 126 valence electrons. The van der Waals surface area contributed by atoms with Crippen molar-refractivity contribution in [1.29, 1.82) is 0 Å². The van der Waals surface area contributed by atoms with E-state index in [1.807, 2.05) is 6.07 Å². The third-order valence-electron chi connectivity index (χ3n) is 4.06. The second-order valence-electron chi connectivity index (χ2n) is 5.73. The number of amides is 2. The normalized spacial score (nSPS) is 15.9. The molecule has 0 fully saturated rings. The molecule has 3 rings (SSSR count). The number of hydrogen-bond donors (Lipinski definition) is 1. The van der Waals surface area contributed by atoms with Crippen molar-refractivity contribution in [3.8, 4) is 0 Å². The van der Waals surface area contributed by atoms with Gasteiger partial charge in [-0.2, -0.15) is 0 Å². The number of furan rings is 1. The van der Waals surface area contributed by atoms with E-state index in [2.05, 4.69) is 21.2 Å².